The van der Waals surface area contributed by atoms with E-state index in [0.29, 0.717) is 12.3 Å². The summed E-state index contributed by atoms with van der Waals surface area (Å²) in [5.74, 6) is -1.25. The van der Waals surface area contributed by atoms with Crippen LogP contribution in [0.25, 0.3) is 0 Å². The molecular formula is C17H16ClF2NO2. The molecule has 0 radical (unpaired) electrons. The first kappa shape index (κ1) is 17.2. The average Bonchev–Trinajstić information content (AvgIpc) is 2.51. The molecule has 0 aliphatic rings. The monoisotopic (exact) mass is 339 g/mol. The van der Waals surface area contributed by atoms with Crippen molar-refractivity contribution in [3.8, 4) is 5.75 Å². The number of nitrogens with one attached hydrogen (secondary N) is 1. The molecule has 0 bridgehead atoms. The molecule has 3 nitrogen and oxygen atoms in total. The number of hydrogen-bond acceptors (Lipinski definition) is 2. The molecule has 2 rings (SSSR count). The zero-order valence-corrected chi connectivity index (χ0v) is 13.3. The maximum Gasteiger partial charge on any atom is 0.229 e. The molecule has 23 heavy (non-hydrogen) atoms. The number of carbonyl (C=O) groups is 1. The number of hydrogen-bond donors (Lipinski definition) is 1. The number of halogens is 3. The standard InChI is InChI=1S/C17H16ClF2NO2/c1-2-8-23-16-9-11(19)6-7-15(16)21-17(22)10-12-13(18)4-3-5-14(12)20/h3-7,9H,2,8,10H2,1H3,(H,21,22). The Morgan fingerprint density at radius 3 is 2.74 bits per heavy atom. The molecule has 0 fully saturated rings. The molecule has 0 aliphatic heterocycles. The summed E-state index contributed by atoms with van der Waals surface area (Å²) in [7, 11) is 0. The fraction of sp³-hybridized carbons (Fsp3) is 0.235. The fourth-order valence-electron chi connectivity index (χ4n) is 1.99. The highest BCUT2D eigenvalue weighted by Crippen LogP contribution is 2.26. The van der Waals surface area contributed by atoms with Gasteiger partial charge in [0.05, 0.1) is 18.7 Å². The van der Waals surface area contributed by atoms with Gasteiger partial charge in [-0.3, -0.25) is 4.79 Å². The van der Waals surface area contributed by atoms with E-state index < -0.39 is 17.5 Å². The van der Waals surface area contributed by atoms with Gasteiger partial charge in [0.15, 0.2) is 0 Å². The Morgan fingerprint density at radius 1 is 1.26 bits per heavy atom. The van der Waals surface area contributed by atoms with E-state index in [4.69, 9.17) is 16.3 Å². The van der Waals surface area contributed by atoms with Crippen LogP contribution >= 0.6 is 11.6 Å². The van der Waals surface area contributed by atoms with Crippen LogP contribution in [-0.2, 0) is 11.2 Å². The lowest BCUT2D eigenvalue weighted by Gasteiger charge is -2.13. The Balaban J connectivity index is 2.14. The second kappa shape index (κ2) is 7.92. The summed E-state index contributed by atoms with van der Waals surface area (Å²) in [6, 6.07) is 8.03. The van der Waals surface area contributed by atoms with Crippen LogP contribution in [0.3, 0.4) is 0 Å². The lowest BCUT2D eigenvalue weighted by atomic mass is 10.1. The van der Waals surface area contributed by atoms with Crippen LogP contribution < -0.4 is 10.1 Å². The molecule has 0 aliphatic carbocycles. The van der Waals surface area contributed by atoms with Crippen LogP contribution in [0.4, 0.5) is 14.5 Å². The Morgan fingerprint density at radius 2 is 2.04 bits per heavy atom. The summed E-state index contributed by atoms with van der Waals surface area (Å²) in [5, 5.41) is 2.78. The third kappa shape index (κ3) is 4.66. The van der Waals surface area contributed by atoms with Gasteiger partial charge in [-0.15, -0.1) is 0 Å². The van der Waals surface area contributed by atoms with E-state index in [1.165, 1.54) is 36.4 Å². The lowest BCUT2D eigenvalue weighted by Crippen LogP contribution is -2.16. The van der Waals surface area contributed by atoms with Crippen molar-refractivity contribution in [2.45, 2.75) is 19.8 Å². The molecule has 0 unspecified atom stereocenters. The second-order valence-electron chi connectivity index (χ2n) is 4.91. The van der Waals surface area contributed by atoms with Crippen LogP contribution in [0.2, 0.25) is 5.02 Å². The van der Waals surface area contributed by atoms with Gasteiger partial charge in [0.2, 0.25) is 5.91 Å². The first-order valence-electron chi connectivity index (χ1n) is 7.16. The Hall–Kier alpha value is -2.14. The summed E-state index contributed by atoms with van der Waals surface area (Å²) < 4.78 is 32.4. The highest BCUT2D eigenvalue weighted by atomic mass is 35.5. The van der Waals surface area contributed by atoms with E-state index in [2.05, 4.69) is 5.32 Å². The zero-order chi connectivity index (χ0) is 16.8. The number of rotatable bonds is 6. The maximum absolute atomic E-state index is 13.7. The minimum absolute atomic E-state index is 0.116. The van der Waals surface area contributed by atoms with Crippen LogP contribution in [0.15, 0.2) is 36.4 Å². The molecule has 1 N–H and O–H groups in total. The van der Waals surface area contributed by atoms with Crippen molar-refractivity contribution in [2.75, 3.05) is 11.9 Å². The van der Waals surface area contributed by atoms with Gasteiger partial charge < -0.3 is 10.1 Å². The molecule has 122 valence electrons. The third-order valence-corrected chi connectivity index (χ3v) is 3.43. The molecule has 0 atom stereocenters. The predicted molar refractivity (Wildman–Crippen MR) is 85.9 cm³/mol. The smallest absolute Gasteiger partial charge is 0.229 e. The van der Waals surface area contributed by atoms with E-state index in [-0.39, 0.29) is 22.8 Å². The van der Waals surface area contributed by atoms with Crippen LogP contribution in [-0.4, -0.2) is 12.5 Å². The van der Waals surface area contributed by atoms with Crippen LogP contribution in [0.5, 0.6) is 5.75 Å². The van der Waals surface area contributed by atoms with Crippen LogP contribution in [0, 0.1) is 11.6 Å². The van der Waals surface area contributed by atoms with Gasteiger partial charge in [0.25, 0.3) is 0 Å². The number of amides is 1. The average molecular weight is 340 g/mol. The van der Waals surface area contributed by atoms with E-state index >= 15 is 0 Å². The van der Waals surface area contributed by atoms with Gasteiger partial charge in [-0.1, -0.05) is 24.6 Å². The van der Waals surface area contributed by atoms with Gasteiger partial charge in [0.1, 0.15) is 17.4 Å². The third-order valence-electron chi connectivity index (χ3n) is 3.08. The molecular weight excluding hydrogens is 324 g/mol. The van der Waals surface area contributed by atoms with Crippen molar-refractivity contribution in [1.82, 2.24) is 0 Å². The minimum Gasteiger partial charge on any atom is -0.491 e. The van der Waals surface area contributed by atoms with Crippen molar-refractivity contribution >= 4 is 23.2 Å². The van der Waals surface area contributed by atoms with E-state index in [9.17, 15) is 13.6 Å². The maximum atomic E-state index is 13.7. The van der Waals surface area contributed by atoms with Crippen molar-refractivity contribution in [2.24, 2.45) is 0 Å². The number of carbonyl (C=O) groups excluding carboxylic acids is 1. The van der Waals surface area contributed by atoms with Crippen LogP contribution in [0.1, 0.15) is 18.9 Å². The second-order valence-corrected chi connectivity index (χ2v) is 5.32. The number of benzene rings is 2. The van der Waals surface area contributed by atoms with Crippen molar-refractivity contribution < 1.29 is 18.3 Å². The summed E-state index contributed by atoms with van der Waals surface area (Å²) in [5.41, 5.74) is 0.446. The minimum atomic E-state index is -0.547. The summed E-state index contributed by atoms with van der Waals surface area (Å²) in [4.78, 5) is 12.1. The van der Waals surface area contributed by atoms with Gasteiger partial charge >= 0.3 is 0 Å². The Kier molecular flexibility index (Phi) is 5.93. The molecule has 2 aromatic rings. The lowest BCUT2D eigenvalue weighted by molar-refractivity contribution is -0.115. The fourth-order valence-corrected chi connectivity index (χ4v) is 2.22. The predicted octanol–water partition coefficient (Wildman–Crippen LogP) is 4.59. The molecule has 1 amide bonds. The Bertz CT molecular complexity index is 687. The van der Waals surface area contributed by atoms with Crippen molar-refractivity contribution in [3.63, 3.8) is 0 Å². The SMILES string of the molecule is CCCOc1cc(F)ccc1NC(=O)Cc1c(F)cccc1Cl. The highest BCUT2D eigenvalue weighted by molar-refractivity contribution is 6.31. The first-order chi connectivity index (χ1) is 11.0. The van der Waals surface area contributed by atoms with E-state index in [0.717, 1.165) is 6.42 Å². The zero-order valence-electron chi connectivity index (χ0n) is 12.5. The molecule has 0 aromatic heterocycles. The molecule has 2 aromatic carbocycles. The van der Waals surface area contributed by atoms with Crippen molar-refractivity contribution in [1.29, 1.82) is 0 Å². The summed E-state index contributed by atoms with van der Waals surface area (Å²) in [6.45, 7) is 2.31. The highest BCUT2D eigenvalue weighted by Gasteiger charge is 2.14. The molecule has 6 heteroatoms. The molecule has 0 heterocycles. The summed E-state index contributed by atoms with van der Waals surface area (Å²) >= 11 is 5.90. The van der Waals surface area contributed by atoms with E-state index in [1.807, 2.05) is 6.92 Å². The quantitative estimate of drug-likeness (QED) is 0.836. The van der Waals surface area contributed by atoms with Gasteiger partial charge in [-0.05, 0) is 30.7 Å². The van der Waals surface area contributed by atoms with Gasteiger partial charge in [0, 0.05) is 16.7 Å². The number of anilines is 1. The van der Waals surface area contributed by atoms with Crippen molar-refractivity contribution in [3.05, 3.63) is 58.6 Å². The molecule has 0 saturated heterocycles. The molecule has 0 saturated carbocycles. The van der Waals surface area contributed by atoms with Gasteiger partial charge in [-0.2, -0.15) is 0 Å². The normalized spacial score (nSPS) is 10.4. The largest absolute Gasteiger partial charge is 0.491 e. The first-order valence-corrected chi connectivity index (χ1v) is 7.54. The Labute approximate surface area is 138 Å². The van der Waals surface area contributed by atoms with Gasteiger partial charge in [-0.25, -0.2) is 8.78 Å². The molecule has 0 spiro atoms. The topological polar surface area (TPSA) is 38.3 Å². The number of ether oxygens (including phenoxy) is 1. The summed E-state index contributed by atoms with van der Waals surface area (Å²) in [6.07, 6.45) is 0.519. The van der Waals surface area contributed by atoms with E-state index in [1.54, 1.807) is 0 Å².